The Hall–Kier alpha value is -1.04. The Morgan fingerprint density at radius 2 is 1.44 bits per heavy atom. The number of ether oxygens (including phenoxy) is 4. The highest BCUT2D eigenvalue weighted by Gasteiger charge is 2.56. The number of aliphatic hydroxyl groups excluding tert-OH is 9. The van der Waals surface area contributed by atoms with Gasteiger partial charge in [-0.25, -0.2) is 0 Å². The average molecular weight is 647 g/mol. The summed E-state index contributed by atoms with van der Waals surface area (Å²) in [7, 11) is 0. The Morgan fingerprint density at radius 1 is 0.867 bits per heavy atom. The maximum absolute atomic E-state index is 10.6. The second-order valence-electron chi connectivity index (χ2n) is 13.7. The van der Waals surface area contributed by atoms with Crippen LogP contribution in [0.1, 0.15) is 59.3 Å². The Kier molecular flexibility index (Phi) is 12.6. The third-order valence-corrected chi connectivity index (χ3v) is 11.3. The van der Waals surface area contributed by atoms with Crippen LogP contribution in [0.2, 0.25) is 0 Å². The zero-order chi connectivity index (χ0) is 33.1. The zero-order valence-electron chi connectivity index (χ0n) is 26.5. The lowest BCUT2D eigenvalue weighted by Crippen LogP contribution is -2.60. The second kappa shape index (κ2) is 15.5. The topological polar surface area (TPSA) is 219 Å². The molecule has 0 unspecified atom stereocenters. The normalized spacial score (nSPS) is 46.0. The van der Waals surface area contributed by atoms with Crippen LogP contribution in [0, 0.1) is 22.7 Å². The van der Waals surface area contributed by atoms with Crippen molar-refractivity contribution in [1.82, 2.24) is 0 Å². The van der Waals surface area contributed by atoms with Gasteiger partial charge in [0, 0.05) is 5.41 Å². The summed E-state index contributed by atoms with van der Waals surface area (Å²) < 4.78 is 22.9. The van der Waals surface area contributed by atoms with Gasteiger partial charge in [0.25, 0.3) is 0 Å². The van der Waals surface area contributed by atoms with Crippen LogP contribution in [0.25, 0.3) is 0 Å². The molecule has 0 aromatic rings. The van der Waals surface area contributed by atoms with Gasteiger partial charge in [-0.15, -0.1) is 0 Å². The molecule has 2 saturated heterocycles. The van der Waals surface area contributed by atoms with E-state index in [1.807, 2.05) is 0 Å². The van der Waals surface area contributed by atoms with Crippen LogP contribution >= 0.6 is 0 Å². The predicted molar refractivity (Wildman–Crippen MR) is 159 cm³/mol. The summed E-state index contributed by atoms with van der Waals surface area (Å²) in [5.41, 5.74) is 1.43. The SMILES string of the molecule is CC1=CCC[C@@H]2[C@]1(CO[C@H]1O[C@@H](CO)[C@H](O)[C@@H](O)[C@@H]1O)CC[C@H](C)[C@@]2(C)CC/C(=C/CO[C@H]1O[C@@H](CO)[C@H](O)[C@@H](O)[C@@H]1O)CO. The first-order valence-electron chi connectivity index (χ1n) is 16.1. The molecule has 2 aliphatic carbocycles. The molecule has 13 nitrogen and oxygen atoms in total. The summed E-state index contributed by atoms with van der Waals surface area (Å²) in [4.78, 5) is 0. The quantitative estimate of drug-likeness (QED) is 0.118. The Balaban J connectivity index is 1.44. The molecule has 0 aromatic carbocycles. The molecular formula is C32H54O13. The standard InChI is InChI=1S/C32H54O13/c1-17-7-11-32(16-43-30-28(41)26(39)24(37)21(15-35)45-30)18(2)5-4-6-22(32)31(17,3)10-8-19(13-33)9-12-42-29-27(40)25(38)23(36)20(14-34)44-29/h5,9,17,20-30,33-41H,4,6-8,10-16H2,1-3H3/b19-9-/t17-,20-,21-,22-,23-,24-,25+,26+,27-,28-,29-,30-,31+,32-/m0/s1. The highest BCUT2D eigenvalue weighted by molar-refractivity contribution is 5.23. The van der Waals surface area contributed by atoms with Gasteiger partial charge in [-0.3, -0.25) is 0 Å². The minimum atomic E-state index is -1.53. The van der Waals surface area contributed by atoms with Gasteiger partial charge in [0.2, 0.25) is 0 Å². The number of aliphatic hydroxyl groups is 9. The van der Waals surface area contributed by atoms with Crippen LogP contribution in [0.5, 0.6) is 0 Å². The van der Waals surface area contributed by atoms with E-state index in [0.29, 0.717) is 12.3 Å². The van der Waals surface area contributed by atoms with E-state index in [2.05, 4.69) is 26.8 Å². The van der Waals surface area contributed by atoms with Gasteiger partial charge in [0.1, 0.15) is 48.8 Å². The van der Waals surface area contributed by atoms with Gasteiger partial charge >= 0.3 is 0 Å². The largest absolute Gasteiger partial charge is 0.394 e. The van der Waals surface area contributed by atoms with Crippen molar-refractivity contribution in [2.75, 3.05) is 33.0 Å². The molecule has 3 fully saturated rings. The summed E-state index contributed by atoms with van der Waals surface area (Å²) >= 11 is 0. The molecular weight excluding hydrogens is 592 g/mol. The third kappa shape index (κ3) is 7.36. The lowest BCUT2D eigenvalue weighted by atomic mass is 9.46. The van der Waals surface area contributed by atoms with E-state index < -0.39 is 74.6 Å². The number of rotatable bonds is 12. The van der Waals surface area contributed by atoms with E-state index in [0.717, 1.165) is 37.7 Å². The van der Waals surface area contributed by atoms with Crippen molar-refractivity contribution in [3.05, 3.63) is 23.3 Å². The zero-order valence-corrected chi connectivity index (χ0v) is 26.5. The van der Waals surface area contributed by atoms with E-state index >= 15 is 0 Å². The van der Waals surface area contributed by atoms with E-state index in [-0.39, 0.29) is 36.6 Å². The Labute approximate surface area is 264 Å². The van der Waals surface area contributed by atoms with Crippen LogP contribution in [0.3, 0.4) is 0 Å². The first-order chi connectivity index (χ1) is 21.3. The van der Waals surface area contributed by atoms with Gasteiger partial charge in [0.15, 0.2) is 12.6 Å². The summed E-state index contributed by atoms with van der Waals surface area (Å²) in [6, 6.07) is 0. The smallest absolute Gasteiger partial charge is 0.187 e. The molecule has 2 heterocycles. The van der Waals surface area contributed by atoms with Gasteiger partial charge in [0.05, 0.1) is 33.0 Å². The van der Waals surface area contributed by atoms with Crippen molar-refractivity contribution in [3.8, 4) is 0 Å². The van der Waals surface area contributed by atoms with Gasteiger partial charge in [-0.1, -0.05) is 31.6 Å². The molecule has 1 saturated carbocycles. The van der Waals surface area contributed by atoms with Crippen LogP contribution in [0.4, 0.5) is 0 Å². The maximum Gasteiger partial charge on any atom is 0.187 e. The van der Waals surface area contributed by atoms with Gasteiger partial charge in [-0.2, -0.15) is 0 Å². The molecule has 0 aromatic heterocycles. The number of hydrogen-bond donors (Lipinski definition) is 9. The molecule has 4 rings (SSSR count). The van der Waals surface area contributed by atoms with Crippen LogP contribution in [0.15, 0.2) is 23.3 Å². The van der Waals surface area contributed by atoms with Crippen molar-refractivity contribution >= 4 is 0 Å². The second-order valence-corrected chi connectivity index (χ2v) is 13.7. The Bertz CT molecular complexity index is 1020. The fourth-order valence-electron chi connectivity index (χ4n) is 7.99. The fourth-order valence-corrected chi connectivity index (χ4v) is 7.99. The Morgan fingerprint density at radius 3 is 2.00 bits per heavy atom. The lowest BCUT2D eigenvalue weighted by molar-refractivity contribution is -0.308. The minimum Gasteiger partial charge on any atom is -0.394 e. The van der Waals surface area contributed by atoms with Gasteiger partial charge in [-0.05, 0) is 68.3 Å². The number of allylic oxidation sites excluding steroid dienone is 1. The van der Waals surface area contributed by atoms with Crippen LogP contribution in [-0.2, 0) is 18.9 Å². The minimum absolute atomic E-state index is 0.0208. The highest BCUT2D eigenvalue weighted by atomic mass is 16.7. The van der Waals surface area contributed by atoms with E-state index in [9.17, 15) is 46.0 Å². The molecule has 0 spiro atoms. The molecule has 14 atom stereocenters. The first-order valence-corrected chi connectivity index (χ1v) is 16.1. The van der Waals surface area contributed by atoms with E-state index in [1.54, 1.807) is 6.08 Å². The molecule has 9 N–H and O–H groups in total. The van der Waals surface area contributed by atoms with Crippen LogP contribution in [-0.4, -0.2) is 140 Å². The summed E-state index contributed by atoms with van der Waals surface area (Å²) in [6.45, 7) is 5.58. The molecule has 0 radical (unpaired) electrons. The summed E-state index contributed by atoms with van der Waals surface area (Å²) in [5, 5.41) is 90.5. The van der Waals surface area contributed by atoms with Crippen molar-refractivity contribution in [1.29, 1.82) is 0 Å². The highest BCUT2D eigenvalue weighted by Crippen LogP contribution is 2.62. The first kappa shape index (κ1) is 36.8. The van der Waals surface area contributed by atoms with Crippen molar-refractivity contribution < 1.29 is 64.9 Å². The van der Waals surface area contributed by atoms with E-state index in [1.165, 1.54) is 5.57 Å². The number of fused-ring (bicyclic) bond motifs is 1. The van der Waals surface area contributed by atoms with E-state index in [4.69, 9.17) is 18.9 Å². The summed E-state index contributed by atoms with van der Waals surface area (Å²) in [5.74, 6) is 0.563. The average Bonchev–Trinajstić information content (AvgIpc) is 3.03. The summed E-state index contributed by atoms with van der Waals surface area (Å²) in [6.07, 6.45) is -4.59. The molecule has 45 heavy (non-hydrogen) atoms. The third-order valence-electron chi connectivity index (χ3n) is 11.3. The molecule has 0 bridgehead atoms. The lowest BCUT2D eigenvalue weighted by Gasteiger charge is -2.59. The van der Waals surface area contributed by atoms with Crippen molar-refractivity contribution in [2.24, 2.45) is 22.7 Å². The fraction of sp³-hybridized carbons (Fsp3) is 0.875. The predicted octanol–water partition coefficient (Wildman–Crippen LogP) is -0.903. The van der Waals surface area contributed by atoms with Crippen molar-refractivity contribution in [2.45, 2.75) is 121 Å². The molecule has 260 valence electrons. The molecule has 0 amide bonds. The van der Waals surface area contributed by atoms with Crippen LogP contribution < -0.4 is 0 Å². The molecule has 2 aliphatic heterocycles. The number of hydrogen-bond acceptors (Lipinski definition) is 13. The monoisotopic (exact) mass is 646 g/mol. The van der Waals surface area contributed by atoms with Gasteiger partial charge < -0.3 is 64.9 Å². The van der Waals surface area contributed by atoms with Crippen molar-refractivity contribution in [3.63, 3.8) is 0 Å². The molecule has 4 aliphatic rings. The molecule has 13 heteroatoms. The maximum atomic E-state index is 10.6.